The maximum absolute atomic E-state index is 3.41. The van der Waals surface area contributed by atoms with E-state index >= 15 is 0 Å². The minimum Gasteiger partial charge on any atom is -0.343 e. The van der Waals surface area contributed by atoms with Crippen LogP contribution in [0.25, 0.3) is 5.65 Å². The highest BCUT2D eigenvalue weighted by atomic mass is 15.0. The second kappa shape index (κ2) is 2.41. The summed E-state index contributed by atoms with van der Waals surface area (Å²) in [5.41, 5.74) is 3.85. The average Bonchev–Trinajstić information content (AvgIpc) is 2.53. The molecule has 0 fully saturated rings. The van der Waals surface area contributed by atoms with E-state index in [0.29, 0.717) is 5.92 Å². The molecule has 2 heteroatoms. The molecule has 0 unspecified atom stereocenters. The van der Waals surface area contributed by atoms with Crippen molar-refractivity contribution < 1.29 is 0 Å². The number of imidazole rings is 1. The van der Waals surface area contributed by atoms with E-state index in [1.165, 1.54) is 17.0 Å². The van der Waals surface area contributed by atoms with Crippen LogP contribution in [-0.2, 0) is 0 Å². The minimum absolute atomic E-state index is 0.574. The summed E-state index contributed by atoms with van der Waals surface area (Å²) in [6.45, 7) is 6.56. The van der Waals surface area contributed by atoms with Crippen LogP contribution in [0.5, 0.6) is 0 Å². The molecule has 0 spiro atoms. The first-order chi connectivity index (χ1) is 5.70. The fourth-order valence-corrected chi connectivity index (χ4v) is 1.70. The molecule has 0 aliphatic heterocycles. The van der Waals surface area contributed by atoms with E-state index in [4.69, 9.17) is 0 Å². The Morgan fingerprint density at radius 2 is 2.17 bits per heavy atom. The normalized spacial score (nSPS) is 11.7. The maximum Gasteiger partial charge on any atom is 0.114 e. The maximum atomic E-state index is 3.41. The number of aromatic nitrogens is 2. The molecule has 0 atom stereocenters. The van der Waals surface area contributed by atoms with Crippen molar-refractivity contribution in [1.82, 2.24) is 9.38 Å². The molecular formula is C10H14N2. The van der Waals surface area contributed by atoms with Crippen molar-refractivity contribution in [1.29, 1.82) is 0 Å². The number of hydrogen-bond donors (Lipinski definition) is 1. The summed E-state index contributed by atoms with van der Waals surface area (Å²) in [6, 6.07) is 4.15. The van der Waals surface area contributed by atoms with E-state index in [1.807, 2.05) is 0 Å². The van der Waals surface area contributed by atoms with Crippen molar-refractivity contribution in [2.45, 2.75) is 26.7 Å². The second-order valence-electron chi connectivity index (χ2n) is 3.54. The Morgan fingerprint density at radius 1 is 1.42 bits per heavy atom. The smallest absolute Gasteiger partial charge is 0.114 e. The molecule has 2 nitrogen and oxygen atoms in total. The molecule has 64 valence electrons. The molecular weight excluding hydrogens is 148 g/mol. The Bertz CT molecular complexity index is 393. The van der Waals surface area contributed by atoms with Crippen LogP contribution in [0.4, 0.5) is 0 Å². The first-order valence-corrected chi connectivity index (χ1v) is 4.35. The highest BCUT2D eigenvalue weighted by Crippen LogP contribution is 2.19. The van der Waals surface area contributed by atoms with Gasteiger partial charge in [0, 0.05) is 17.6 Å². The molecule has 2 aromatic heterocycles. The predicted octanol–water partition coefficient (Wildman–Crippen LogP) is 2.70. The topological polar surface area (TPSA) is 20.2 Å². The number of aromatic amines is 1. The standard InChI is InChI=1S/C10H14N2/c1-7(2)10-8(3)12-6-4-5-9(12)11-10/h4-7,11H,1-3H3. The SMILES string of the molecule is Cc1c(C(C)C)[nH]c2cccn12. The van der Waals surface area contributed by atoms with Crippen molar-refractivity contribution >= 4 is 5.65 Å². The quantitative estimate of drug-likeness (QED) is 0.665. The van der Waals surface area contributed by atoms with E-state index in [9.17, 15) is 0 Å². The lowest BCUT2D eigenvalue weighted by molar-refractivity contribution is 0.821. The van der Waals surface area contributed by atoms with Gasteiger partial charge in [-0.3, -0.25) is 0 Å². The van der Waals surface area contributed by atoms with Crippen molar-refractivity contribution in [3.8, 4) is 0 Å². The van der Waals surface area contributed by atoms with Gasteiger partial charge in [0.25, 0.3) is 0 Å². The van der Waals surface area contributed by atoms with Crippen molar-refractivity contribution in [2.24, 2.45) is 0 Å². The number of fused-ring (bicyclic) bond motifs is 1. The molecule has 12 heavy (non-hydrogen) atoms. The highest BCUT2D eigenvalue weighted by Gasteiger charge is 2.08. The second-order valence-corrected chi connectivity index (χ2v) is 3.54. The number of aryl methyl sites for hydroxylation is 1. The summed E-state index contributed by atoms with van der Waals surface area (Å²) in [7, 11) is 0. The number of nitrogens with one attached hydrogen (secondary N) is 1. The molecule has 0 amide bonds. The van der Waals surface area contributed by atoms with E-state index in [-0.39, 0.29) is 0 Å². The largest absolute Gasteiger partial charge is 0.343 e. The van der Waals surface area contributed by atoms with Gasteiger partial charge in [-0.25, -0.2) is 0 Å². The molecule has 0 saturated carbocycles. The lowest BCUT2D eigenvalue weighted by atomic mass is 10.1. The Hall–Kier alpha value is -1.18. The molecule has 1 N–H and O–H groups in total. The molecule has 2 heterocycles. The molecule has 0 bridgehead atoms. The van der Waals surface area contributed by atoms with Crippen LogP contribution >= 0.6 is 0 Å². The summed E-state index contributed by atoms with van der Waals surface area (Å²) in [4.78, 5) is 3.41. The summed E-state index contributed by atoms with van der Waals surface area (Å²) in [5.74, 6) is 0.574. The van der Waals surface area contributed by atoms with Gasteiger partial charge in [0.05, 0.1) is 0 Å². The van der Waals surface area contributed by atoms with Gasteiger partial charge in [-0.05, 0) is 25.0 Å². The van der Waals surface area contributed by atoms with Crippen LogP contribution in [0, 0.1) is 6.92 Å². The Balaban J connectivity index is 2.70. The van der Waals surface area contributed by atoms with Gasteiger partial charge in [0.2, 0.25) is 0 Å². The van der Waals surface area contributed by atoms with E-state index < -0.39 is 0 Å². The zero-order valence-electron chi connectivity index (χ0n) is 7.76. The zero-order valence-corrected chi connectivity index (χ0v) is 7.76. The Morgan fingerprint density at radius 3 is 2.75 bits per heavy atom. The van der Waals surface area contributed by atoms with E-state index in [2.05, 4.69) is 48.5 Å². The van der Waals surface area contributed by atoms with Crippen LogP contribution in [0.2, 0.25) is 0 Å². The van der Waals surface area contributed by atoms with Crippen LogP contribution in [0.15, 0.2) is 18.3 Å². The molecule has 0 radical (unpaired) electrons. The van der Waals surface area contributed by atoms with Gasteiger partial charge >= 0.3 is 0 Å². The molecule has 0 aromatic carbocycles. The summed E-state index contributed by atoms with van der Waals surface area (Å²) in [5, 5.41) is 0. The first kappa shape index (κ1) is 7.47. The summed E-state index contributed by atoms with van der Waals surface area (Å²) < 4.78 is 2.19. The van der Waals surface area contributed by atoms with Crippen LogP contribution in [0.1, 0.15) is 31.2 Å². The molecule has 2 rings (SSSR count). The van der Waals surface area contributed by atoms with Gasteiger partial charge in [-0.2, -0.15) is 0 Å². The average molecular weight is 162 g/mol. The van der Waals surface area contributed by atoms with Crippen LogP contribution in [0.3, 0.4) is 0 Å². The Labute approximate surface area is 72.2 Å². The number of H-pyrrole nitrogens is 1. The third-order valence-electron chi connectivity index (χ3n) is 2.34. The molecule has 2 aromatic rings. The fraction of sp³-hybridized carbons (Fsp3) is 0.400. The number of hydrogen-bond acceptors (Lipinski definition) is 0. The van der Waals surface area contributed by atoms with Gasteiger partial charge in [0.1, 0.15) is 5.65 Å². The molecule has 0 aliphatic carbocycles. The van der Waals surface area contributed by atoms with Crippen molar-refractivity contribution in [2.75, 3.05) is 0 Å². The summed E-state index contributed by atoms with van der Waals surface area (Å²) in [6.07, 6.45) is 2.09. The van der Waals surface area contributed by atoms with Gasteiger partial charge < -0.3 is 9.38 Å². The minimum atomic E-state index is 0.574. The third kappa shape index (κ3) is 0.876. The first-order valence-electron chi connectivity index (χ1n) is 4.35. The van der Waals surface area contributed by atoms with Gasteiger partial charge in [-0.1, -0.05) is 13.8 Å². The van der Waals surface area contributed by atoms with Crippen LogP contribution < -0.4 is 0 Å². The predicted molar refractivity (Wildman–Crippen MR) is 50.6 cm³/mol. The molecule has 0 saturated heterocycles. The lowest BCUT2D eigenvalue weighted by Crippen LogP contribution is -1.91. The van der Waals surface area contributed by atoms with Gasteiger partial charge in [-0.15, -0.1) is 0 Å². The number of rotatable bonds is 1. The van der Waals surface area contributed by atoms with Gasteiger partial charge in [0.15, 0.2) is 0 Å². The summed E-state index contributed by atoms with van der Waals surface area (Å²) >= 11 is 0. The van der Waals surface area contributed by atoms with Crippen molar-refractivity contribution in [3.63, 3.8) is 0 Å². The lowest BCUT2D eigenvalue weighted by Gasteiger charge is -2.01. The fourth-order valence-electron chi connectivity index (χ4n) is 1.70. The van der Waals surface area contributed by atoms with Crippen molar-refractivity contribution in [3.05, 3.63) is 29.7 Å². The third-order valence-corrected chi connectivity index (χ3v) is 2.34. The monoisotopic (exact) mass is 162 g/mol. The van der Waals surface area contributed by atoms with E-state index in [1.54, 1.807) is 0 Å². The Kier molecular flexibility index (Phi) is 1.50. The van der Waals surface area contributed by atoms with E-state index in [0.717, 1.165) is 0 Å². The zero-order chi connectivity index (χ0) is 8.72. The van der Waals surface area contributed by atoms with Crippen LogP contribution in [-0.4, -0.2) is 9.38 Å². The highest BCUT2D eigenvalue weighted by molar-refractivity contribution is 5.44. The number of nitrogens with zero attached hydrogens (tertiary/aromatic N) is 1. The molecule has 0 aliphatic rings.